The van der Waals surface area contributed by atoms with E-state index in [9.17, 15) is 9.59 Å². The van der Waals surface area contributed by atoms with Crippen molar-refractivity contribution in [3.05, 3.63) is 52.8 Å². The highest BCUT2D eigenvalue weighted by Gasteiger charge is 2.30. The molecule has 1 aromatic heterocycles. The Morgan fingerprint density at radius 1 is 0.938 bits per heavy atom. The van der Waals surface area contributed by atoms with Crippen molar-refractivity contribution in [1.82, 2.24) is 24.5 Å². The molecule has 1 aromatic carbocycles. The van der Waals surface area contributed by atoms with E-state index in [0.29, 0.717) is 19.6 Å². The normalized spacial score (nSPS) is 18.6. The maximum atomic E-state index is 13.1. The molecule has 2 amide bonds. The molecule has 1 atom stereocenters. The SMILES string of the molecule is Cc1cc(C)n(Cc2cccc(C(=O)N3CCN(C(C)C(=O)N4CCCCC4)CC3)c2)n1. The summed E-state index contributed by atoms with van der Waals surface area (Å²) in [5.41, 5.74) is 3.90. The van der Waals surface area contributed by atoms with Gasteiger partial charge in [0.05, 0.1) is 18.3 Å². The molecule has 2 fully saturated rings. The third-order valence-corrected chi connectivity index (χ3v) is 6.78. The molecule has 3 heterocycles. The first-order valence-electron chi connectivity index (χ1n) is 11.8. The van der Waals surface area contributed by atoms with Crippen LogP contribution in [0.5, 0.6) is 0 Å². The van der Waals surface area contributed by atoms with Gasteiger partial charge < -0.3 is 9.80 Å². The number of carbonyl (C=O) groups excluding carboxylic acids is 2. The molecule has 2 aliphatic rings. The van der Waals surface area contributed by atoms with Gasteiger partial charge in [0, 0.05) is 50.5 Å². The highest BCUT2D eigenvalue weighted by Crippen LogP contribution is 2.16. The van der Waals surface area contributed by atoms with Crippen molar-refractivity contribution in [2.75, 3.05) is 39.3 Å². The minimum absolute atomic E-state index is 0.0647. The first-order chi connectivity index (χ1) is 15.4. The van der Waals surface area contributed by atoms with Gasteiger partial charge in [-0.2, -0.15) is 5.10 Å². The standard InChI is InChI=1S/C25H35N5O2/c1-19-16-20(2)30(26-19)18-22-8-7-9-23(17-22)25(32)29-14-12-27(13-15-29)21(3)24(31)28-10-5-4-6-11-28/h7-9,16-17,21H,4-6,10-15,18H2,1-3H3. The number of nitrogens with zero attached hydrogens (tertiary/aromatic N) is 5. The predicted molar refractivity (Wildman–Crippen MR) is 125 cm³/mol. The lowest BCUT2D eigenvalue weighted by molar-refractivity contribution is -0.137. The van der Waals surface area contributed by atoms with E-state index in [2.05, 4.69) is 16.1 Å². The maximum absolute atomic E-state index is 13.1. The van der Waals surface area contributed by atoms with Crippen LogP contribution in [0.2, 0.25) is 0 Å². The number of benzene rings is 1. The number of likely N-dealkylation sites (tertiary alicyclic amines) is 1. The Labute approximate surface area is 191 Å². The minimum atomic E-state index is -0.116. The molecule has 4 rings (SSSR count). The Kier molecular flexibility index (Phi) is 6.94. The van der Waals surface area contributed by atoms with E-state index in [-0.39, 0.29) is 17.9 Å². The molecule has 0 radical (unpaired) electrons. The van der Waals surface area contributed by atoms with Gasteiger partial charge in [-0.05, 0) is 63.8 Å². The van der Waals surface area contributed by atoms with Gasteiger partial charge in [0.25, 0.3) is 5.91 Å². The van der Waals surface area contributed by atoms with E-state index in [4.69, 9.17) is 0 Å². The van der Waals surface area contributed by atoms with Crippen molar-refractivity contribution in [3.8, 4) is 0 Å². The quantitative estimate of drug-likeness (QED) is 0.722. The molecule has 2 aliphatic heterocycles. The van der Waals surface area contributed by atoms with Crippen LogP contribution in [0.1, 0.15) is 53.5 Å². The van der Waals surface area contributed by atoms with Gasteiger partial charge in [-0.3, -0.25) is 19.2 Å². The summed E-state index contributed by atoms with van der Waals surface area (Å²) < 4.78 is 1.97. The lowest BCUT2D eigenvalue weighted by Gasteiger charge is -2.39. The van der Waals surface area contributed by atoms with Crippen LogP contribution in [0, 0.1) is 13.8 Å². The first kappa shape index (κ1) is 22.5. The summed E-state index contributed by atoms with van der Waals surface area (Å²) in [6.45, 7) is 11.2. The van der Waals surface area contributed by atoms with Gasteiger partial charge in [-0.25, -0.2) is 0 Å². The largest absolute Gasteiger partial charge is 0.341 e. The number of aryl methyl sites for hydroxylation is 2. The average molecular weight is 438 g/mol. The van der Waals surface area contributed by atoms with Crippen molar-refractivity contribution in [2.45, 2.75) is 52.6 Å². The molecular weight excluding hydrogens is 402 g/mol. The lowest BCUT2D eigenvalue weighted by Crippen LogP contribution is -2.56. The Morgan fingerprint density at radius 3 is 2.31 bits per heavy atom. The van der Waals surface area contributed by atoms with Crippen molar-refractivity contribution in [2.24, 2.45) is 0 Å². The van der Waals surface area contributed by atoms with Crippen LogP contribution in [0.25, 0.3) is 0 Å². The molecule has 7 heteroatoms. The number of piperidine rings is 1. The summed E-state index contributed by atoms with van der Waals surface area (Å²) >= 11 is 0. The molecule has 0 spiro atoms. The fraction of sp³-hybridized carbons (Fsp3) is 0.560. The number of piperazine rings is 1. The zero-order valence-corrected chi connectivity index (χ0v) is 19.6. The van der Waals surface area contributed by atoms with Gasteiger partial charge in [0.15, 0.2) is 0 Å². The van der Waals surface area contributed by atoms with Gasteiger partial charge in [0.2, 0.25) is 5.91 Å². The van der Waals surface area contributed by atoms with Crippen LogP contribution in [0.15, 0.2) is 30.3 Å². The Morgan fingerprint density at radius 2 is 1.66 bits per heavy atom. The number of aromatic nitrogens is 2. The summed E-state index contributed by atoms with van der Waals surface area (Å²) in [5.74, 6) is 0.302. The van der Waals surface area contributed by atoms with E-state index in [1.807, 2.05) is 59.5 Å². The van der Waals surface area contributed by atoms with E-state index >= 15 is 0 Å². The van der Waals surface area contributed by atoms with Crippen LogP contribution in [-0.2, 0) is 11.3 Å². The molecule has 7 nitrogen and oxygen atoms in total. The van der Waals surface area contributed by atoms with Crippen molar-refractivity contribution in [1.29, 1.82) is 0 Å². The lowest BCUT2D eigenvalue weighted by atomic mass is 10.1. The van der Waals surface area contributed by atoms with Crippen LogP contribution < -0.4 is 0 Å². The summed E-state index contributed by atoms with van der Waals surface area (Å²) in [6, 6.07) is 9.80. The van der Waals surface area contributed by atoms with E-state index < -0.39 is 0 Å². The van der Waals surface area contributed by atoms with Gasteiger partial charge in [-0.1, -0.05) is 12.1 Å². The Balaban J connectivity index is 1.34. The molecule has 0 N–H and O–H groups in total. The molecular formula is C25H35N5O2. The van der Waals surface area contributed by atoms with Gasteiger partial charge in [-0.15, -0.1) is 0 Å². The minimum Gasteiger partial charge on any atom is -0.341 e. The monoisotopic (exact) mass is 437 g/mol. The molecule has 172 valence electrons. The molecule has 2 saturated heterocycles. The fourth-order valence-electron chi connectivity index (χ4n) is 4.84. The van der Waals surface area contributed by atoms with E-state index in [1.165, 1.54) is 6.42 Å². The third-order valence-electron chi connectivity index (χ3n) is 6.78. The Bertz CT molecular complexity index is 955. The van der Waals surface area contributed by atoms with Crippen LogP contribution in [0.4, 0.5) is 0 Å². The average Bonchev–Trinajstić information content (AvgIpc) is 3.14. The fourth-order valence-corrected chi connectivity index (χ4v) is 4.84. The summed E-state index contributed by atoms with van der Waals surface area (Å²) in [7, 11) is 0. The number of rotatable bonds is 5. The summed E-state index contributed by atoms with van der Waals surface area (Å²) in [4.78, 5) is 32.1. The highest BCUT2D eigenvalue weighted by atomic mass is 16.2. The predicted octanol–water partition coefficient (Wildman–Crippen LogP) is 2.71. The van der Waals surface area contributed by atoms with Crippen LogP contribution in [0.3, 0.4) is 0 Å². The number of carbonyl (C=O) groups is 2. The first-order valence-corrected chi connectivity index (χ1v) is 11.8. The van der Waals surface area contributed by atoms with Crippen LogP contribution in [-0.4, -0.2) is 81.6 Å². The molecule has 0 aliphatic carbocycles. The Hall–Kier alpha value is -2.67. The van der Waals surface area contributed by atoms with Gasteiger partial charge >= 0.3 is 0 Å². The number of hydrogen-bond acceptors (Lipinski definition) is 4. The summed E-state index contributed by atoms with van der Waals surface area (Å²) in [5, 5.41) is 4.53. The smallest absolute Gasteiger partial charge is 0.253 e. The van der Waals surface area contributed by atoms with Crippen LogP contribution >= 0.6 is 0 Å². The topological polar surface area (TPSA) is 61.7 Å². The maximum Gasteiger partial charge on any atom is 0.253 e. The van der Waals surface area contributed by atoms with Crippen molar-refractivity contribution in [3.63, 3.8) is 0 Å². The second kappa shape index (κ2) is 9.86. The molecule has 0 saturated carbocycles. The zero-order chi connectivity index (χ0) is 22.7. The molecule has 32 heavy (non-hydrogen) atoms. The van der Waals surface area contributed by atoms with Crippen molar-refractivity contribution < 1.29 is 9.59 Å². The molecule has 2 aromatic rings. The number of amides is 2. The third kappa shape index (κ3) is 5.04. The van der Waals surface area contributed by atoms with Gasteiger partial charge in [0.1, 0.15) is 0 Å². The number of hydrogen-bond donors (Lipinski definition) is 0. The summed E-state index contributed by atoms with van der Waals surface area (Å²) in [6.07, 6.45) is 3.44. The zero-order valence-electron chi connectivity index (χ0n) is 19.6. The molecule has 1 unspecified atom stereocenters. The van der Waals surface area contributed by atoms with E-state index in [0.717, 1.165) is 61.5 Å². The van der Waals surface area contributed by atoms with E-state index in [1.54, 1.807) is 0 Å². The second-order valence-electron chi connectivity index (χ2n) is 9.18. The highest BCUT2D eigenvalue weighted by molar-refractivity contribution is 5.94. The molecule has 0 bridgehead atoms. The van der Waals surface area contributed by atoms with Crippen molar-refractivity contribution >= 4 is 11.8 Å². The second-order valence-corrected chi connectivity index (χ2v) is 9.18.